The van der Waals surface area contributed by atoms with Gasteiger partial charge in [0.25, 0.3) is 0 Å². The van der Waals surface area contributed by atoms with Gasteiger partial charge in [0, 0.05) is 0 Å². The van der Waals surface area contributed by atoms with Crippen LogP contribution in [0.25, 0.3) is 6.08 Å². The SMILES string of the molecule is NCCCOC=Cc1ccccc1. The Labute approximate surface area is 79.0 Å². The summed E-state index contributed by atoms with van der Waals surface area (Å²) in [7, 11) is 0. The zero-order chi connectivity index (χ0) is 9.36. The Kier molecular flexibility index (Phi) is 4.72. The van der Waals surface area contributed by atoms with Crippen molar-refractivity contribution >= 4 is 6.08 Å². The Morgan fingerprint density at radius 1 is 1.23 bits per heavy atom. The molecule has 0 bridgehead atoms. The molecule has 0 radical (unpaired) electrons. The van der Waals surface area contributed by atoms with E-state index in [2.05, 4.69) is 0 Å². The van der Waals surface area contributed by atoms with E-state index in [1.54, 1.807) is 6.26 Å². The predicted octanol–water partition coefficient (Wildman–Crippen LogP) is 2.02. The van der Waals surface area contributed by atoms with Crippen LogP contribution in [0.15, 0.2) is 36.6 Å². The molecule has 0 saturated heterocycles. The lowest BCUT2D eigenvalue weighted by Gasteiger charge is -1.97. The van der Waals surface area contributed by atoms with Crippen LogP contribution >= 0.6 is 0 Å². The second-order valence-electron chi connectivity index (χ2n) is 2.73. The standard InChI is InChI=1S/C11H15NO/c12-8-4-9-13-10-7-11-5-2-1-3-6-11/h1-3,5-7,10H,4,8-9,12H2. The lowest BCUT2D eigenvalue weighted by atomic mass is 10.2. The summed E-state index contributed by atoms with van der Waals surface area (Å²) in [6, 6.07) is 10.1. The summed E-state index contributed by atoms with van der Waals surface area (Å²) in [5, 5.41) is 0. The summed E-state index contributed by atoms with van der Waals surface area (Å²) in [5.41, 5.74) is 6.47. The first kappa shape index (κ1) is 9.81. The van der Waals surface area contributed by atoms with Gasteiger partial charge in [-0.25, -0.2) is 0 Å². The fourth-order valence-electron chi connectivity index (χ4n) is 0.926. The van der Waals surface area contributed by atoms with E-state index in [1.807, 2.05) is 36.4 Å². The van der Waals surface area contributed by atoms with Gasteiger partial charge < -0.3 is 10.5 Å². The molecule has 2 nitrogen and oxygen atoms in total. The molecular formula is C11H15NO. The zero-order valence-corrected chi connectivity index (χ0v) is 7.65. The van der Waals surface area contributed by atoms with Crippen molar-refractivity contribution in [2.24, 2.45) is 5.73 Å². The Balaban J connectivity index is 2.25. The van der Waals surface area contributed by atoms with E-state index in [0.717, 1.165) is 12.0 Å². The van der Waals surface area contributed by atoms with Crippen molar-refractivity contribution in [3.8, 4) is 0 Å². The molecule has 0 heterocycles. The van der Waals surface area contributed by atoms with E-state index in [1.165, 1.54) is 0 Å². The minimum Gasteiger partial charge on any atom is -0.501 e. The van der Waals surface area contributed by atoms with Crippen LogP contribution in [0.2, 0.25) is 0 Å². The first-order valence-electron chi connectivity index (χ1n) is 4.47. The molecule has 0 unspecified atom stereocenters. The number of hydrogen-bond donors (Lipinski definition) is 1. The van der Waals surface area contributed by atoms with Gasteiger partial charge in [-0.15, -0.1) is 0 Å². The number of hydrogen-bond acceptors (Lipinski definition) is 2. The van der Waals surface area contributed by atoms with Gasteiger partial charge in [-0.2, -0.15) is 0 Å². The fourth-order valence-corrected chi connectivity index (χ4v) is 0.926. The maximum Gasteiger partial charge on any atom is 0.0885 e. The molecule has 1 aromatic carbocycles. The van der Waals surface area contributed by atoms with Crippen LogP contribution in [-0.2, 0) is 4.74 Å². The van der Waals surface area contributed by atoms with Crippen LogP contribution in [0, 0.1) is 0 Å². The predicted molar refractivity (Wildman–Crippen MR) is 55.1 cm³/mol. The number of nitrogens with two attached hydrogens (primary N) is 1. The molecule has 70 valence electrons. The van der Waals surface area contributed by atoms with Crippen LogP contribution in [0.3, 0.4) is 0 Å². The third kappa shape index (κ3) is 4.33. The molecule has 0 atom stereocenters. The number of benzene rings is 1. The van der Waals surface area contributed by atoms with Gasteiger partial charge in [0.1, 0.15) is 0 Å². The Morgan fingerprint density at radius 3 is 2.69 bits per heavy atom. The van der Waals surface area contributed by atoms with E-state index in [0.29, 0.717) is 13.2 Å². The maximum absolute atomic E-state index is 5.32. The quantitative estimate of drug-likeness (QED) is 0.551. The molecule has 0 aromatic heterocycles. The summed E-state index contributed by atoms with van der Waals surface area (Å²) in [6.45, 7) is 1.37. The third-order valence-corrected chi connectivity index (χ3v) is 1.62. The number of ether oxygens (including phenoxy) is 1. The van der Waals surface area contributed by atoms with Crippen LogP contribution in [-0.4, -0.2) is 13.2 Å². The van der Waals surface area contributed by atoms with Crippen molar-refractivity contribution in [2.45, 2.75) is 6.42 Å². The first-order chi connectivity index (χ1) is 6.43. The molecule has 0 saturated carbocycles. The molecule has 2 heteroatoms. The van der Waals surface area contributed by atoms with Gasteiger partial charge in [-0.1, -0.05) is 30.3 Å². The highest BCUT2D eigenvalue weighted by Crippen LogP contribution is 2.00. The summed E-state index contributed by atoms with van der Waals surface area (Å²) in [5.74, 6) is 0. The van der Waals surface area contributed by atoms with Gasteiger partial charge in [-0.05, 0) is 24.6 Å². The van der Waals surface area contributed by atoms with Crippen molar-refractivity contribution in [3.63, 3.8) is 0 Å². The molecule has 0 spiro atoms. The van der Waals surface area contributed by atoms with Crippen LogP contribution in [0.4, 0.5) is 0 Å². The van der Waals surface area contributed by atoms with Gasteiger partial charge in [0.15, 0.2) is 0 Å². The molecule has 1 rings (SSSR count). The van der Waals surface area contributed by atoms with E-state index in [-0.39, 0.29) is 0 Å². The van der Waals surface area contributed by atoms with Crippen LogP contribution < -0.4 is 5.73 Å². The Morgan fingerprint density at radius 2 is 2.00 bits per heavy atom. The lowest BCUT2D eigenvalue weighted by molar-refractivity contribution is 0.249. The summed E-state index contributed by atoms with van der Waals surface area (Å²) < 4.78 is 5.22. The molecule has 0 amide bonds. The van der Waals surface area contributed by atoms with E-state index < -0.39 is 0 Å². The van der Waals surface area contributed by atoms with Gasteiger partial charge in [0.2, 0.25) is 0 Å². The van der Waals surface area contributed by atoms with Crippen molar-refractivity contribution in [2.75, 3.05) is 13.2 Å². The average Bonchev–Trinajstić information content (AvgIpc) is 2.19. The van der Waals surface area contributed by atoms with Crippen molar-refractivity contribution in [1.29, 1.82) is 0 Å². The van der Waals surface area contributed by atoms with E-state index in [9.17, 15) is 0 Å². The zero-order valence-electron chi connectivity index (χ0n) is 7.65. The molecule has 1 aromatic rings. The Hall–Kier alpha value is -1.28. The number of rotatable bonds is 5. The highest BCUT2D eigenvalue weighted by atomic mass is 16.5. The minimum absolute atomic E-state index is 0.680. The second kappa shape index (κ2) is 6.26. The van der Waals surface area contributed by atoms with Crippen LogP contribution in [0.5, 0.6) is 0 Å². The van der Waals surface area contributed by atoms with Gasteiger partial charge in [0.05, 0.1) is 12.9 Å². The Bertz CT molecular complexity index is 244. The average molecular weight is 177 g/mol. The molecule has 2 N–H and O–H groups in total. The maximum atomic E-state index is 5.32. The largest absolute Gasteiger partial charge is 0.501 e. The minimum atomic E-state index is 0.680. The highest BCUT2D eigenvalue weighted by molar-refractivity contribution is 5.47. The third-order valence-electron chi connectivity index (χ3n) is 1.62. The summed E-state index contributed by atoms with van der Waals surface area (Å²) in [4.78, 5) is 0. The fraction of sp³-hybridized carbons (Fsp3) is 0.273. The van der Waals surface area contributed by atoms with Crippen molar-refractivity contribution in [3.05, 3.63) is 42.2 Å². The second-order valence-corrected chi connectivity index (χ2v) is 2.73. The smallest absolute Gasteiger partial charge is 0.0885 e. The monoisotopic (exact) mass is 177 g/mol. The first-order valence-corrected chi connectivity index (χ1v) is 4.47. The van der Waals surface area contributed by atoms with Crippen molar-refractivity contribution in [1.82, 2.24) is 0 Å². The van der Waals surface area contributed by atoms with E-state index in [4.69, 9.17) is 10.5 Å². The molecule has 0 fully saturated rings. The summed E-state index contributed by atoms with van der Waals surface area (Å²) >= 11 is 0. The normalized spacial score (nSPS) is 10.5. The summed E-state index contributed by atoms with van der Waals surface area (Å²) in [6.07, 6.45) is 4.56. The van der Waals surface area contributed by atoms with Gasteiger partial charge >= 0.3 is 0 Å². The topological polar surface area (TPSA) is 35.2 Å². The molecular weight excluding hydrogens is 162 g/mol. The lowest BCUT2D eigenvalue weighted by Crippen LogP contribution is -2.01. The highest BCUT2D eigenvalue weighted by Gasteiger charge is 1.83. The van der Waals surface area contributed by atoms with E-state index >= 15 is 0 Å². The van der Waals surface area contributed by atoms with Gasteiger partial charge in [-0.3, -0.25) is 0 Å². The van der Waals surface area contributed by atoms with Crippen LogP contribution in [0.1, 0.15) is 12.0 Å². The van der Waals surface area contributed by atoms with Crippen molar-refractivity contribution < 1.29 is 4.74 Å². The molecule has 0 aliphatic rings. The molecule has 0 aliphatic heterocycles. The molecule has 13 heavy (non-hydrogen) atoms. The molecule has 0 aliphatic carbocycles.